The highest BCUT2D eigenvalue weighted by Gasteiger charge is 2.11. The van der Waals surface area contributed by atoms with Gasteiger partial charge in [0.25, 0.3) is 0 Å². The van der Waals surface area contributed by atoms with E-state index in [0.717, 1.165) is 0 Å². The lowest BCUT2D eigenvalue weighted by Crippen LogP contribution is -2.32. The predicted molar refractivity (Wildman–Crippen MR) is 46.5 cm³/mol. The van der Waals surface area contributed by atoms with E-state index in [1.54, 1.807) is 10.2 Å². The zero-order chi connectivity index (χ0) is 7.61. The van der Waals surface area contributed by atoms with E-state index in [4.69, 9.17) is 5.73 Å². The molecule has 2 N–H and O–H groups in total. The fourth-order valence-electron chi connectivity index (χ4n) is 0.819. The van der Waals surface area contributed by atoms with E-state index in [9.17, 15) is 0 Å². The molecule has 0 aliphatic heterocycles. The maximum Gasteiger partial charge on any atom is 0.0402 e. The zero-order valence-corrected chi connectivity index (χ0v) is 7.59. The molecule has 53 valence electrons. The van der Waals surface area contributed by atoms with Crippen LogP contribution in [0.5, 0.6) is 0 Å². The summed E-state index contributed by atoms with van der Waals surface area (Å²) >= 11 is 0. The van der Waals surface area contributed by atoms with Crippen LogP contribution in [0.2, 0.25) is 0 Å². The molecule has 1 atom stereocenters. The maximum absolute atomic E-state index is 5.87. The van der Waals surface area contributed by atoms with Crippen molar-refractivity contribution in [2.45, 2.75) is 12.1 Å². The van der Waals surface area contributed by atoms with Gasteiger partial charge in [0.2, 0.25) is 0 Å². The molecule has 0 aromatic heterocycles. The minimum atomic E-state index is -0.179. The van der Waals surface area contributed by atoms with Crippen molar-refractivity contribution in [3.63, 3.8) is 0 Å². The van der Waals surface area contributed by atoms with Crippen LogP contribution in [0.15, 0.2) is 30.3 Å². The fourth-order valence-corrected chi connectivity index (χ4v) is 1.05. The van der Waals surface area contributed by atoms with Gasteiger partial charge in [-0.15, -0.1) is 0 Å². The average molecular weight is 150 g/mol. The first-order valence-corrected chi connectivity index (χ1v) is 4.01. The van der Waals surface area contributed by atoms with Gasteiger partial charge in [-0.05, 0) is 12.5 Å². The summed E-state index contributed by atoms with van der Waals surface area (Å²) in [6.45, 7) is 2.01. The monoisotopic (exact) mass is 150 g/mol. The molecule has 0 amide bonds. The van der Waals surface area contributed by atoms with Crippen molar-refractivity contribution in [2.24, 2.45) is 5.73 Å². The number of hydrogen-bond acceptors (Lipinski definition) is 1. The minimum absolute atomic E-state index is 0.179. The Bertz CT molecular complexity index is 200. The van der Waals surface area contributed by atoms with E-state index in [1.807, 2.05) is 37.3 Å². The molecular weight excluding hydrogens is 138 g/mol. The highest BCUT2D eigenvalue weighted by molar-refractivity contribution is 6.15. The Morgan fingerprint density at radius 3 is 2.10 bits per heavy atom. The highest BCUT2D eigenvalue weighted by Crippen LogP contribution is 2.11. The van der Waals surface area contributed by atoms with Crippen molar-refractivity contribution in [3.8, 4) is 0 Å². The van der Waals surface area contributed by atoms with Crippen molar-refractivity contribution >= 4 is 10.2 Å². The molecule has 1 unspecified atom stereocenters. The molecule has 0 spiro atoms. The Morgan fingerprint density at radius 2 is 1.80 bits per heavy atom. The lowest BCUT2D eigenvalue weighted by Gasteiger charge is -2.18. The van der Waals surface area contributed by atoms with Crippen LogP contribution in [0.3, 0.4) is 0 Å². The summed E-state index contributed by atoms with van der Waals surface area (Å²) in [7, 11) is 1.80. The van der Waals surface area contributed by atoms with Gasteiger partial charge in [0.15, 0.2) is 0 Å². The van der Waals surface area contributed by atoms with Crippen LogP contribution in [0.4, 0.5) is 0 Å². The summed E-state index contributed by atoms with van der Waals surface area (Å²) in [4.78, 5) is 0. The lowest BCUT2D eigenvalue weighted by molar-refractivity contribution is 0.719. The molecule has 1 nitrogen and oxygen atoms in total. The van der Waals surface area contributed by atoms with Gasteiger partial charge in [0.05, 0.1) is 0 Å². The van der Waals surface area contributed by atoms with Crippen LogP contribution >= 0.6 is 0 Å². The van der Waals surface area contributed by atoms with Crippen LogP contribution in [-0.2, 0) is 5.16 Å². The van der Waals surface area contributed by atoms with Crippen molar-refractivity contribution in [1.82, 2.24) is 0 Å². The van der Waals surface area contributed by atoms with Crippen LogP contribution in [0, 0.1) is 0 Å². The molecule has 0 saturated heterocycles. The molecule has 0 saturated carbocycles. The second kappa shape index (κ2) is 2.56. The molecular formula is C8H12NSi. The molecule has 0 aliphatic carbocycles. The Kier molecular flexibility index (Phi) is 1.92. The number of rotatable bonds is 1. The summed E-state index contributed by atoms with van der Waals surface area (Å²) in [6, 6.07) is 10.1. The van der Waals surface area contributed by atoms with E-state index in [0.29, 0.717) is 0 Å². The van der Waals surface area contributed by atoms with E-state index < -0.39 is 0 Å². The van der Waals surface area contributed by atoms with Gasteiger partial charge in [-0.2, -0.15) is 0 Å². The smallest absolute Gasteiger partial charge is 0.0402 e. The maximum atomic E-state index is 5.87. The quantitative estimate of drug-likeness (QED) is 0.578. The van der Waals surface area contributed by atoms with Crippen molar-refractivity contribution in [1.29, 1.82) is 0 Å². The Balaban J connectivity index is 2.97. The molecule has 0 bridgehead atoms. The summed E-state index contributed by atoms with van der Waals surface area (Å²) in [5.41, 5.74) is 7.06. The third-order valence-electron chi connectivity index (χ3n) is 1.43. The summed E-state index contributed by atoms with van der Waals surface area (Å²) in [5.74, 6) is 0. The molecule has 1 aromatic carbocycles. The summed E-state index contributed by atoms with van der Waals surface area (Å²) < 4.78 is 0. The Morgan fingerprint density at radius 1 is 1.30 bits per heavy atom. The Hall–Kier alpha value is -0.603. The van der Waals surface area contributed by atoms with E-state index >= 15 is 0 Å². The first-order chi connectivity index (χ1) is 4.61. The largest absolute Gasteiger partial charge is 0.325 e. The van der Waals surface area contributed by atoms with Gasteiger partial charge in [-0.3, -0.25) is 0 Å². The fraction of sp³-hybridized carbons (Fsp3) is 0.250. The van der Waals surface area contributed by atoms with Gasteiger partial charge in [0.1, 0.15) is 0 Å². The van der Waals surface area contributed by atoms with Crippen LogP contribution in [0.25, 0.3) is 0 Å². The third-order valence-corrected chi connectivity index (χ3v) is 1.84. The molecule has 2 heteroatoms. The second-order valence-electron chi connectivity index (χ2n) is 2.78. The topological polar surface area (TPSA) is 26.0 Å². The van der Waals surface area contributed by atoms with Gasteiger partial charge < -0.3 is 5.73 Å². The molecule has 1 aromatic rings. The van der Waals surface area contributed by atoms with Crippen LogP contribution in [-0.4, -0.2) is 10.2 Å². The normalized spacial score (nSPS) is 16.3. The SMILES string of the molecule is CC(N)([SiH2])c1ccccc1. The van der Waals surface area contributed by atoms with E-state index in [-0.39, 0.29) is 5.16 Å². The van der Waals surface area contributed by atoms with Crippen LogP contribution in [0.1, 0.15) is 12.5 Å². The average Bonchev–Trinajstić information content (AvgIpc) is 1.88. The van der Waals surface area contributed by atoms with Gasteiger partial charge in [-0.1, -0.05) is 30.3 Å². The summed E-state index contributed by atoms with van der Waals surface area (Å²) in [6.07, 6.45) is 0. The molecule has 0 fully saturated rings. The van der Waals surface area contributed by atoms with E-state index in [1.165, 1.54) is 5.56 Å². The van der Waals surface area contributed by atoms with E-state index in [2.05, 4.69) is 0 Å². The van der Waals surface area contributed by atoms with Gasteiger partial charge >= 0.3 is 0 Å². The lowest BCUT2D eigenvalue weighted by atomic mass is 10.1. The standard InChI is InChI=1S/C8H12NSi/c1-8(9,10)7-5-3-2-4-6-7/h2-6H,9-10H2,1H3. The predicted octanol–water partition coefficient (Wildman–Crippen LogP) is 0.451. The molecule has 0 heterocycles. The molecule has 0 aliphatic rings. The molecule has 10 heavy (non-hydrogen) atoms. The number of nitrogens with two attached hydrogens (primary N) is 1. The highest BCUT2D eigenvalue weighted by atomic mass is 28.1. The van der Waals surface area contributed by atoms with Crippen LogP contribution < -0.4 is 5.73 Å². The number of benzene rings is 1. The number of hydrogen-bond donors (Lipinski definition) is 1. The second-order valence-corrected chi connectivity index (χ2v) is 4.25. The van der Waals surface area contributed by atoms with Gasteiger partial charge in [-0.25, -0.2) is 0 Å². The zero-order valence-electron chi connectivity index (χ0n) is 6.17. The van der Waals surface area contributed by atoms with Crippen molar-refractivity contribution in [2.75, 3.05) is 0 Å². The molecule has 1 radical (unpaired) electrons. The molecule has 1 rings (SSSR count). The van der Waals surface area contributed by atoms with Gasteiger partial charge in [0, 0.05) is 15.4 Å². The minimum Gasteiger partial charge on any atom is -0.325 e. The van der Waals surface area contributed by atoms with Crippen molar-refractivity contribution < 1.29 is 0 Å². The van der Waals surface area contributed by atoms with Crippen molar-refractivity contribution in [3.05, 3.63) is 35.9 Å². The third kappa shape index (κ3) is 1.69. The summed E-state index contributed by atoms with van der Waals surface area (Å²) in [5, 5.41) is -0.179. The first kappa shape index (κ1) is 7.50. The first-order valence-electron chi connectivity index (χ1n) is 3.30. The Labute approximate surface area is 64.7 Å².